The molecule has 4 rings (SSSR count). The second kappa shape index (κ2) is 10.4. The van der Waals surface area contributed by atoms with Crippen LogP contribution in [0.4, 0.5) is 14.9 Å². The second-order valence-corrected chi connectivity index (χ2v) is 8.51. The van der Waals surface area contributed by atoms with Crippen molar-refractivity contribution in [3.63, 3.8) is 0 Å². The van der Waals surface area contributed by atoms with Crippen molar-refractivity contribution < 1.29 is 23.5 Å². The molecule has 0 saturated carbocycles. The van der Waals surface area contributed by atoms with Gasteiger partial charge in [0.2, 0.25) is 11.8 Å². The summed E-state index contributed by atoms with van der Waals surface area (Å²) in [7, 11) is 0. The Morgan fingerprint density at radius 3 is 2.20 bits per heavy atom. The van der Waals surface area contributed by atoms with E-state index < -0.39 is 18.2 Å². The Morgan fingerprint density at radius 2 is 1.57 bits per heavy atom. The third kappa shape index (κ3) is 5.84. The lowest BCUT2D eigenvalue weighted by Crippen LogP contribution is -2.46. The minimum Gasteiger partial charge on any atom is -0.438 e. The molecule has 1 aliphatic heterocycles. The van der Waals surface area contributed by atoms with Crippen LogP contribution in [-0.2, 0) is 27.4 Å². The molecule has 180 valence electrons. The molecule has 3 aromatic carbocycles. The first-order valence-electron chi connectivity index (χ1n) is 11.2. The zero-order valence-corrected chi connectivity index (χ0v) is 19.5. The lowest BCUT2D eigenvalue weighted by molar-refractivity contribution is -0.126. The minimum absolute atomic E-state index is 0.177. The van der Waals surface area contributed by atoms with Crippen molar-refractivity contribution >= 4 is 23.6 Å². The molecule has 1 fully saturated rings. The molecule has 2 N–H and O–H groups in total. The highest BCUT2D eigenvalue weighted by molar-refractivity contribution is 5.90. The summed E-state index contributed by atoms with van der Waals surface area (Å²) < 4.78 is 18.9. The average Bonchev–Trinajstić information content (AvgIpc) is 3.16. The van der Waals surface area contributed by atoms with E-state index in [9.17, 15) is 18.8 Å². The van der Waals surface area contributed by atoms with Gasteiger partial charge in [0, 0.05) is 19.2 Å². The van der Waals surface area contributed by atoms with Gasteiger partial charge in [-0.05, 0) is 47.9 Å². The Balaban J connectivity index is 1.58. The van der Waals surface area contributed by atoms with Crippen LogP contribution in [0.5, 0.6) is 0 Å². The topological polar surface area (TPSA) is 87.7 Å². The zero-order valence-electron chi connectivity index (χ0n) is 19.5. The van der Waals surface area contributed by atoms with Gasteiger partial charge in [0.05, 0.1) is 6.54 Å². The van der Waals surface area contributed by atoms with Gasteiger partial charge in [-0.15, -0.1) is 0 Å². The molecule has 3 aromatic rings. The van der Waals surface area contributed by atoms with Crippen LogP contribution in [0, 0.1) is 12.7 Å². The van der Waals surface area contributed by atoms with E-state index >= 15 is 0 Å². The zero-order chi connectivity index (χ0) is 24.9. The number of hydrogen-bond donors (Lipinski definition) is 2. The van der Waals surface area contributed by atoms with Crippen molar-refractivity contribution in [2.24, 2.45) is 0 Å². The summed E-state index contributed by atoms with van der Waals surface area (Å²) in [6.45, 7) is 3.77. The van der Waals surface area contributed by atoms with Gasteiger partial charge in [-0.3, -0.25) is 14.5 Å². The van der Waals surface area contributed by atoms with Crippen LogP contribution in [0.1, 0.15) is 35.3 Å². The van der Waals surface area contributed by atoms with Gasteiger partial charge in [0.15, 0.2) is 12.1 Å². The Labute approximate surface area is 202 Å². The predicted octanol–water partition coefficient (Wildman–Crippen LogP) is 4.47. The van der Waals surface area contributed by atoms with Gasteiger partial charge in [-0.1, -0.05) is 54.1 Å². The highest BCUT2D eigenvalue weighted by atomic mass is 19.1. The average molecular weight is 476 g/mol. The van der Waals surface area contributed by atoms with E-state index in [0.29, 0.717) is 11.3 Å². The van der Waals surface area contributed by atoms with Crippen LogP contribution in [0.25, 0.3) is 0 Å². The van der Waals surface area contributed by atoms with Gasteiger partial charge in [0.1, 0.15) is 5.82 Å². The van der Waals surface area contributed by atoms with E-state index in [-0.39, 0.29) is 30.7 Å². The van der Waals surface area contributed by atoms with Crippen molar-refractivity contribution in [1.82, 2.24) is 10.2 Å². The SMILES string of the molecule is CC(=O)Nc1ccc(C2OC(=O)N(Cc3ccc(C)cc3)C2C(=O)NCc2ccc(F)cc2)cc1. The van der Waals surface area contributed by atoms with Crippen molar-refractivity contribution in [2.75, 3.05) is 5.32 Å². The van der Waals surface area contributed by atoms with Gasteiger partial charge in [-0.25, -0.2) is 9.18 Å². The molecule has 1 heterocycles. The third-order valence-corrected chi connectivity index (χ3v) is 5.77. The van der Waals surface area contributed by atoms with Gasteiger partial charge >= 0.3 is 6.09 Å². The first-order valence-corrected chi connectivity index (χ1v) is 11.2. The molecule has 3 amide bonds. The van der Waals surface area contributed by atoms with E-state index in [4.69, 9.17) is 4.74 Å². The molecule has 1 saturated heterocycles. The fourth-order valence-corrected chi connectivity index (χ4v) is 3.96. The fourth-order valence-electron chi connectivity index (χ4n) is 3.96. The summed E-state index contributed by atoms with van der Waals surface area (Å²) in [4.78, 5) is 39.0. The van der Waals surface area contributed by atoms with Crippen molar-refractivity contribution in [2.45, 2.75) is 39.1 Å². The smallest absolute Gasteiger partial charge is 0.411 e. The Hall–Kier alpha value is -4.20. The first kappa shape index (κ1) is 23.9. The van der Waals surface area contributed by atoms with Crippen molar-refractivity contribution in [1.29, 1.82) is 0 Å². The van der Waals surface area contributed by atoms with E-state index in [2.05, 4.69) is 10.6 Å². The van der Waals surface area contributed by atoms with Crippen LogP contribution in [0.2, 0.25) is 0 Å². The Kier molecular flexibility index (Phi) is 7.10. The van der Waals surface area contributed by atoms with Gasteiger partial charge < -0.3 is 15.4 Å². The number of anilines is 1. The lowest BCUT2D eigenvalue weighted by atomic mass is 10.00. The normalized spacial score (nSPS) is 17.1. The van der Waals surface area contributed by atoms with Crippen LogP contribution >= 0.6 is 0 Å². The number of nitrogens with one attached hydrogen (secondary N) is 2. The minimum atomic E-state index is -0.920. The van der Waals surface area contributed by atoms with Crippen LogP contribution in [0.15, 0.2) is 72.8 Å². The molecule has 0 aromatic heterocycles. The predicted molar refractivity (Wildman–Crippen MR) is 129 cm³/mol. The van der Waals surface area contributed by atoms with Gasteiger partial charge in [0.25, 0.3) is 0 Å². The number of aryl methyl sites for hydroxylation is 1. The molecule has 2 atom stereocenters. The summed E-state index contributed by atoms with van der Waals surface area (Å²) in [5.74, 6) is -0.947. The number of ether oxygens (including phenoxy) is 1. The number of carbonyl (C=O) groups is 3. The molecule has 0 bridgehead atoms. The molecule has 7 nitrogen and oxygen atoms in total. The van der Waals surface area contributed by atoms with Gasteiger partial charge in [-0.2, -0.15) is 0 Å². The Morgan fingerprint density at radius 1 is 0.943 bits per heavy atom. The maximum atomic E-state index is 13.4. The number of hydrogen-bond acceptors (Lipinski definition) is 4. The van der Waals surface area contributed by atoms with Crippen LogP contribution < -0.4 is 10.6 Å². The highest BCUT2D eigenvalue weighted by Crippen LogP contribution is 2.34. The van der Waals surface area contributed by atoms with E-state index in [1.807, 2.05) is 31.2 Å². The maximum Gasteiger partial charge on any atom is 0.411 e. The summed E-state index contributed by atoms with van der Waals surface area (Å²) in [5, 5.41) is 5.54. The molecule has 2 unspecified atom stereocenters. The molecular weight excluding hydrogens is 449 g/mol. The molecule has 0 radical (unpaired) electrons. The fraction of sp³-hybridized carbons (Fsp3) is 0.222. The maximum absolute atomic E-state index is 13.4. The van der Waals surface area contributed by atoms with E-state index in [1.165, 1.54) is 24.0 Å². The standard InChI is InChI=1S/C27H26FN3O4/c1-17-3-5-20(6-4-17)16-31-24(26(33)29-15-19-7-11-22(28)12-8-19)25(35-27(31)34)21-9-13-23(14-10-21)30-18(2)32/h3-14,24-25H,15-16H2,1-2H3,(H,29,33)(H,30,32). The summed E-state index contributed by atoms with van der Waals surface area (Å²) >= 11 is 0. The number of nitrogens with zero attached hydrogens (tertiary/aromatic N) is 1. The first-order chi connectivity index (χ1) is 16.8. The summed E-state index contributed by atoms with van der Waals surface area (Å²) in [5.41, 5.74) is 3.90. The highest BCUT2D eigenvalue weighted by Gasteiger charge is 2.46. The summed E-state index contributed by atoms with van der Waals surface area (Å²) in [6.07, 6.45) is -1.43. The number of cyclic esters (lactones) is 1. The summed E-state index contributed by atoms with van der Waals surface area (Å²) in [6, 6.07) is 19.5. The molecule has 35 heavy (non-hydrogen) atoms. The molecule has 1 aliphatic rings. The second-order valence-electron chi connectivity index (χ2n) is 8.51. The number of carbonyl (C=O) groups excluding carboxylic acids is 3. The third-order valence-electron chi connectivity index (χ3n) is 5.77. The van der Waals surface area contributed by atoms with Crippen LogP contribution in [0.3, 0.4) is 0 Å². The van der Waals surface area contributed by atoms with Crippen LogP contribution in [-0.4, -0.2) is 28.8 Å². The molecule has 8 heteroatoms. The molecular formula is C27H26FN3O4. The van der Waals surface area contributed by atoms with E-state index in [1.54, 1.807) is 36.4 Å². The number of amides is 3. The van der Waals surface area contributed by atoms with Crippen molar-refractivity contribution in [3.8, 4) is 0 Å². The monoisotopic (exact) mass is 475 g/mol. The lowest BCUT2D eigenvalue weighted by Gasteiger charge is -2.24. The largest absolute Gasteiger partial charge is 0.438 e. The number of benzene rings is 3. The van der Waals surface area contributed by atoms with E-state index in [0.717, 1.165) is 16.7 Å². The quantitative estimate of drug-likeness (QED) is 0.528. The number of rotatable bonds is 7. The molecule has 0 spiro atoms. The molecule has 0 aliphatic carbocycles. The van der Waals surface area contributed by atoms with Crippen molar-refractivity contribution in [3.05, 3.63) is 101 Å². The Bertz CT molecular complexity index is 1210. The number of halogens is 1.